The predicted octanol–water partition coefficient (Wildman–Crippen LogP) is 1.74. The Balaban J connectivity index is 0.00000625. The summed E-state index contributed by atoms with van der Waals surface area (Å²) in [6.07, 6.45) is 1.47. The number of benzene rings is 1. The van der Waals surface area contributed by atoms with Crippen molar-refractivity contribution in [1.82, 2.24) is 10.6 Å². The third-order valence-electron chi connectivity index (χ3n) is 3.14. The molecule has 10 heteroatoms. The summed E-state index contributed by atoms with van der Waals surface area (Å²) < 4.78 is 53.8. The highest BCUT2D eigenvalue weighted by atomic mass is 127. The summed E-state index contributed by atoms with van der Waals surface area (Å²) in [6.45, 7) is 3.73. The number of rotatable bonds is 10. The van der Waals surface area contributed by atoms with Crippen molar-refractivity contribution in [2.24, 2.45) is 4.99 Å². The molecule has 0 atom stereocenters. The maximum atomic E-state index is 13.5. The zero-order valence-electron chi connectivity index (χ0n) is 14.9. The zero-order valence-corrected chi connectivity index (χ0v) is 18.1. The number of halogens is 3. The van der Waals surface area contributed by atoms with Gasteiger partial charge in [0.25, 0.3) is 0 Å². The Morgan fingerprint density at radius 2 is 1.96 bits per heavy atom. The molecule has 1 rings (SSSR count). The number of nitrogens with zero attached hydrogens (tertiary/aromatic N) is 1. The van der Waals surface area contributed by atoms with Crippen LogP contribution in [0.2, 0.25) is 0 Å². The lowest BCUT2D eigenvalue weighted by Gasteiger charge is -2.11. The number of aliphatic imine (C=N–C) groups is 1. The normalized spacial score (nSPS) is 11.8. The first-order valence-corrected chi connectivity index (χ1v) is 10.1. The standard InChI is InChI=1S/C16H25F2N3O3S.HI/c1-3-19-16(21-8-9-24-10-11-25(2,22)23)20-7-6-13-12-14(17)4-5-15(13)18;/h4-5,12H,3,6-11H2,1-2H3,(H2,19,20,21);1H. The average molecular weight is 505 g/mol. The minimum absolute atomic E-state index is 0. The molecule has 0 unspecified atom stereocenters. The van der Waals surface area contributed by atoms with E-state index in [1.54, 1.807) is 0 Å². The number of ether oxygens (including phenoxy) is 1. The molecule has 0 radical (unpaired) electrons. The van der Waals surface area contributed by atoms with E-state index in [-0.39, 0.29) is 36.3 Å². The lowest BCUT2D eigenvalue weighted by molar-refractivity contribution is 0.157. The van der Waals surface area contributed by atoms with Gasteiger partial charge in [-0.2, -0.15) is 0 Å². The highest BCUT2D eigenvalue weighted by Gasteiger charge is 2.05. The van der Waals surface area contributed by atoms with Crippen molar-refractivity contribution in [3.63, 3.8) is 0 Å². The second-order valence-electron chi connectivity index (χ2n) is 5.42. The summed E-state index contributed by atoms with van der Waals surface area (Å²) in [5.74, 6) is -0.396. The molecule has 2 N–H and O–H groups in total. The van der Waals surface area contributed by atoms with Crippen molar-refractivity contribution >= 4 is 39.8 Å². The molecule has 0 heterocycles. The van der Waals surface area contributed by atoms with Crippen LogP contribution in [0.25, 0.3) is 0 Å². The highest BCUT2D eigenvalue weighted by Crippen LogP contribution is 2.09. The van der Waals surface area contributed by atoms with E-state index in [1.165, 1.54) is 6.07 Å². The third kappa shape index (κ3) is 11.6. The van der Waals surface area contributed by atoms with Crippen LogP contribution in [0, 0.1) is 11.6 Å². The number of hydrogen-bond acceptors (Lipinski definition) is 4. The van der Waals surface area contributed by atoms with Gasteiger partial charge in [-0.25, -0.2) is 17.2 Å². The van der Waals surface area contributed by atoms with Gasteiger partial charge in [-0.1, -0.05) is 0 Å². The Bertz CT molecular complexity index is 673. The monoisotopic (exact) mass is 505 g/mol. The van der Waals surface area contributed by atoms with Crippen LogP contribution in [-0.4, -0.2) is 59.2 Å². The van der Waals surface area contributed by atoms with Crippen molar-refractivity contribution in [2.75, 3.05) is 44.9 Å². The van der Waals surface area contributed by atoms with Crippen LogP contribution in [0.3, 0.4) is 0 Å². The second-order valence-corrected chi connectivity index (χ2v) is 7.68. The molecular formula is C16H26F2IN3O3S. The summed E-state index contributed by atoms with van der Waals surface area (Å²) in [4.78, 5) is 4.27. The van der Waals surface area contributed by atoms with Gasteiger partial charge in [0, 0.05) is 19.3 Å². The number of hydrogen-bond donors (Lipinski definition) is 2. The molecule has 0 fully saturated rings. The molecule has 0 bridgehead atoms. The maximum Gasteiger partial charge on any atom is 0.191 e. The lowest BCUT2D eigenvalue weighted by atomic mass is 10.1. The van der Waals surface area contributed by atoms with Gasteiger partial charge in [0.15, 0.2) is 5.96 Å². The molecule has 0 aromatic heterocycles. The molecule has 0 aliphatic heterocycles. The Morgan fingerprint density at radius 3 is 2.62 bits per heavy atom. The largest absolute Gasteiger partial charge is 0.378 e. The molecule has 1 aromatic rings. The fourth-order valence-corrected chi connectivity index (χ4v) is 2.35. The van der Waals surface area contributed by atoms with Crippen LogP contribution in [0.5, 0.6) is 0 Å². The van der Waals surface area contributed by atoms with Crippen LogP contribution in [0.15, 0.2) is 23.2 Å². The van der Waals surface area contributed by atoms with Crippen LogP contribution in [0.1, 0.15) is 12.5 Å². The summed E-state index contributed by atoms with van der Waals surface area (Å²) in [5, 5.41) is 6.06. The smallest absolute Gasteiger partial charge is 0.191 e. The number of sulfone groups is 1. The molecule has 6 nitrogen and oxygen atoms in total. The van der Waals surface area contributed by atoms with Crippen LogP contribution >= 0.6 is 24.0 Å². The highest BCUT2D eigenvalue weighted by molar-refractivity contribution is 14.0. The average Bonchev–Trinajstić information content (AvgIpc) is 2.53. The third-order valence-corrected chi connectivity index (χ3v) is 4.05. The first-order chi connectivity index (χ1) is 11.8. The van der Waals surface area contributed by atoms with E-state index in [2.05, 4.69) is 15.6 Å². The molecule has 0 aliphatic carbocycles. The van der Waals surface area contributed by atoms with Crippen molar-refractivity contribution in [2.45, 2.75) is 13.3 Å². The summed E-state index contributed by atoms with van der Waals surface area (Å²) in [6, 6.07) is 3.37. The molecule has 0 spiro atoms. The molecule has 0 aliphatic rings. The molecule has 150 valence electrons. The second kappa shape index (κ2) is 13.2. The summed E-state index contributed by atoms with van der Waals surface area (Å²) in [5.41, 5.74) is 0.299. The summed E-state index contributed by atoms with van der Waals surface area (Å²) >= 11 is 0. The van der Waals surface area contributed by atoms with Crippen LogP contribution < -0.4 is 10.6 Å². The van der Waals surface area contributed by atoms with Crippen molar-refractivity contribution in [1.29, 1.82) is 0 Å². The van der Waals surface area contributed by atoms with Gasteiger partial charge in [0.1, 0.15) is 21.5 Å². The number of guanidine groups is 1. The predicted molar refractivity (Wildman–Crippen MR) is 110 cm³/mol. The fourth-order valence-electron chi connectivity index (χ4n) is 1.93. The van der Waals surface area contributed by atoms with Crippen LogP contribution in [0.4, 0.5) is 8.78 Å². The molecule has 1 aromatic carbocycles. The Morgan fingerprint density at radius 1 is 1.23 bits per heavy atom. The van der Waals surface area contributed by atoms with E-state index in [4.69, 9.17) is 4.74 Å². The van der Waals surface area contributed by atoms with Crippen molar-refractivity contribution < 1.29 is 21.9 Å². The topological polar surface area (TPSA) is 79.8 Å². The van der Waals surface area contributed by atoms with E-state index >= 15 is 0 Å². The van der Waals surface area contributed by atoms with Gasteiger partial charge in [0.2, 0.25) is 0 Å². The van der Waals surface area contributed by atoms with E-state index in [0.29, 0.717) is 44.2 Å². The molecular weight excluding hydrogens is 479 g/mol. The van der Waals surface area contributed by atoms with Gasteiger partial charge in [-0.15, -0.1) is 24.0 Å². The van der Waals surface area contributed by atoms with Gasteiger partial charge in [-0.05, 0) is 37.1 Å². The lowest BCUT2D eigenvalue weighted by Crippen LogP contribution is -2.38. The number of nitrogens with one attached hydrogen (secondary N) is 2. The van der Waals surface area contributed by atoms with Gasteiger partial charge in [-0.3, -0.25) is 4.99 Å². The molecule has 0 saturated carbocycles. The minimum Gasteiger partial charge on any atom is -0.378 e. The van der Waals surface area contributed by atoms with E-state index < -0.39 is 21.5 Å². The fraction of sp³-hybridized carbons (Fsp3) is 0.562. The Kier molecular flexibility index (Phi) is 12.7. The Hall–Kier alpha value is -1.01. The quantitative estimate of drug-likeness (QED) is 0.219. The minimum atomic E-state index is -3.02. The molecule has 26 heavy (non-hydrogen) atoms. The van der Waals surface area contributed by atoms with Gasteiger partial charge >= 0.3 is 0 Å². The van der Waals surface area contributed by atoms with Crippen molar-refractivity contribution in [3.8, 4) is 0 Å². The van der Waals surface area contributed by atoms with Crippen molar-refractivity contribution in [3.05, 3.63) is 35.4 Å². The molecule has 0 amide bonds. The maximum absolute atomic E-state index is 13.5. The zero-order chi connectivity index (χ0) is 18.7. The van der Waals surface area contributed by atoms with E-state index in [1.807, 2.05) is 6.92 Å². The summed E-state index contributed by atoms with van der Waals surface area (Å²) in [7, 11) is -3.02. The van der Waals surface area contributed by atoms with Crippen LogP contribution in [-0.2, 0) is 21.0 Å². The van der Waals surface area contributed by atoms with Gasteiger partial charge in [0.05, 0.1) is 25.5 Å². The van der Waals surface area contributed by atoms with E-state index in [9.17, 15) is 17.2 Å². The van der Waals surface area contributed by atoms with E-state index in [0.717, 1.165) is 18.4 Å². The first-order valence-electron chi connectivity index (χ1n) is 8.03. The molecule has 0 saturated heterocycles. The first kappa shape index (κ1) is 25.0. The van der Waals surface area contributed by atoms with Gasteiger partial charge < -0.3 is 15.4 Å². The SMILES string of the molecule is CCNC(=NCCOCCS(C)(=O)=O)NCCc1cc(F)ccc1F.I. The Labute approximate surface area is 170 Å².